The highest BCUT2D eigenvalue weighted by atomic mass is 79.9. The second kappa shape index (κ2) is 9.06. The molecular weight excluding hydrogens is 462 g/mol. The average molecular weight is 482 g/mol. The summed E-state index contributed by atoms with van der Waals surface area (Å²) >= 11 is 3.47. The molecule has 1 atom stereocenters. The minimum absolute atomic E-state index is 0.0225. The molecule has 2 N–H and O–H groups in total. The van der Waals surface area contributed by atoms with Crippen molar-refractivity contribution in [3.8, 4) is 6.07 Å². The molecule has 0 radical (unpaired) electrons. The highest BCUT2D eigenvalue weighted by molar-refractivity contribution is 9.10. The summed E-state index contributed by atoms with van der Waals surface area (Å²) in [6.07, 6.45) is 0. The van der Waals surface area contributed by atoms with Crippen LogP contribution in [0.5, 0.6) is 0 Å². The van der Waals surface area contributed by atoms with Gasteiger partial charge in [0.2, 0.25) is 0 Å². The molecule has 0 saturated heterocycles. The molecule has 0 amide bonds. The maximum absolute atomic E-state index is 13.0. The van der Waals surface area contributed by atoms with E-state index < -0.39 is 17.9 Å². The number of halogens is 1. The standard InChI is InChI=1S/C23H20BrN3O4/c1-13-16(24)10-7-11-17(13)27-20(23(29)31-3)19(22(28)30-2)18(15(12-25)21(27)26)14-8-5-4-6-9-14/h4-11,18H,26H2,1-3H3. The van der Waals surface area contributed by atoms with Crippen LogP contribution in [0, 0.1) is 18.3 Å². The first-order valence-electron chi connectivity index (χ1n) is 9.28. The van der Waals surface area contributed by atoms with Crippen molar-refractivity contribution in [3.05, 3.63) is 86.8 Å². The zero-order valence-corrected chi connectivity index (χ0v) is 18.8. The first kappa shape index (κ1) is 22.1. The van der Waals surface area contributed by atoms with E-state index in [-0.39, 0.29) is 22.7 Å². The lowest BCUT2D eigenvalue weighted by molar-refractivity contribution is -0.139. The van der Waals surface area contributed by atoms with Crippen molar-refractivity contribution in [3.63, 3.8) is 0 Å². The van der Waals surface area contributed by atoms with Crippen LogP contribution in [0.1, 0.15) is 17.0 Å². The Bertz CT molecular complexity index is 1150. The molecule has 1 aliphatic rings. The molecule has 1 aliphatic heterocycles. The van der Waals surface area contributed by atoms with Gasteiger partial charge in [-0.1, -0.05) is 52.3 Å². The number of hydrogen-bond acceptors (Lipinski definition) is 7. The van der Waals surface area contributed by atoms with Gasteiger partial charge < -0.3 is 15.2 Å². The molecule has 8 heteroatoms. The summed E-state index contributed by atoms with van der Waals surface area (Å²) in [4.78, 5) is 27.4. The molecule has 158 valence electrons. The van der Waals surface area contributed by atoms with Crippen molar-refractivity contribution in [2.24, 2.45) is 5.73 Å². The predicted octanol–water partition coefficient (Wildman–Crippen LogP) is 3.66. The summed E-state index contributed by atoms with van der Waals surface area (Å²) in [5.74, 6) is -2.39. The van der Waals surface area contributed by atoms with Gasteiger partial charge in [-0.3, -0.25) is 4.90 Å². The Kier molecular flexibility index (Phi) is 6.47. The van der Waals surface area contributed by atoms with Gasteiger partial charge in [-0.05, 0) is 30.2 Å². The normalized spacial score (nSPS) is 16.1. The molecule has 0 spiro atoms. The van der Waals surface area contributed by atoms with Gasteiger partial charge in [0.1, 0.15) is 11.5 Å². The number of benzene rings is 2. The van der Waals surface area contributed by atoms with E-state index in [1.54, 1.807) is 36.4 Å². The van der Waals surface area contributed by atoms with Crippen LogP contribution in [0.4, 0.5) is 5.69 Å². The maximum atomic E-state index is 13.0. The summed E-state index contributed by atoms with van der Waals surface area (Å²) < 4.78 is 10.8. The van der Waals surface area contributed by atoms with Gasteiger partial charge in [-0.25, -0.2) is 9.59 Å². The fourth-order valence-electron chi connectivity index (χ4n) is 3.60. The fourth-order valence-corrected chi connectivity index (χ4v) is 3.96. The van der Waals surface area contributed by atoms with Gasteiger partial charge in [0.05, 0.1) is 43.0 Å². The molecule has 1 unspecified atom stereocenters. The number of carbonyl (C=O) groups excluding carboxylic acids is 2. The Balaban J connectivity index is 2.45. The Morgan fingerprint density at radius 3 is 2.29 bits per heavy atom. The fraction of sp³-hybridized carbons (Fsp3) is 0.174. The van der Waals surface area contributed by atoms with Crippen molar-refractivity contribution in [2.45, 2.75) is 12.8 Å². The molecule has 0 saturated carbocycles. The van der Waals surface area contributed by atoms with E-state index in [4.69, 9.17) is 15.2 Å². The van der Waals surface area contributed by atoms with Crippen molar-refractivity contribution in [2.75, 3.05) is 19.1 Å². The Hall–Kier alpha value is -3.57. The number of ether oxygens (including phenoxy) is 2. The minimum atomic E-state index is -0.892. The molecule has 0 fully saturated rings. The van der Waals surface area contributed by atoms with Gasteiger partial charge in [0, 0.05) is 4.47 Å². The van der Waals surface area contributed by atoms with E-state index >= 15 is 0 Å². The highest BCUT2D eigenvalue weighted by Crippen LogP contribution is 2.44. The monoisotopic (exact) mass is 481 g/mol. The van der Waals surface area contributed by atoms with E-state index in [1.807, 2.05) is 19.1 Å². The third kappa shape index (κ3) is 3.80. The largest absolute Gasteiger partial charge is 0.466 e. The summed E-state index contributed by atoms with van der Waals surface area (Å²) in [5.41, 5.74) is 8.37. The summed E-state index contributed by atoms with van der Waals surface area (Å²) in [6.45, 7) is 1.83. The molecule has 1 heterocycles. The van der Waals surface area contributed by atoms with E-state index in [0.29, 0.717) is 11.3 Å². The molecule has 0 bridgehead atoms. The number of esters is 2. The number of nitrogens with two attached hydrogens (primary N) is 1. The smallest absolute Gasteiger partial charge is 0.355 e. The van der Waals surface area contributed by atoms with Crippen LogP contribution < -0.4 is 10.6 Å². The number of anilines is 1. The van der Waals surface area contributed by atoms with Gasteiger partial charge >= 0.3 is 11.9 Å². The Labute approximate surface area is 188 Å². The zero-order valence-electron chi connectivity index (χ0n) is 17.2. The van der Waals surface area contributed by atoms with Crippen LogP contribution in [0.2, 0.25) is 0 Å². The Morgan fingerprint density at radius 2 is 1.71 bits per heavy atom. The number of nitrogens with zero attached hydrogens (tertiary/aromatic N) is 2. The molecule has 2 aromatic carbocycles. The first-order valence-corrected chi connectivity index (χ1v) is 10.1. The number of nitriles is 1. The van der Waals surface area contributed by atoms with E-state index in [1.165, 1.54) is 19.1 Å². The van der Waals surface area contributed by atoms with Gasteiger partial charge in [0.15, 0.2) is 0 Å². The molecule has 3 rings (SSSR count). The number of carbonyl (C=O) groups is 2. The zero-order chi connectivity index (χ0) is 22.7. The van der Waals surface area contributed by atoms with E-state index in [2.05, 4.69) is 22.0 Å². The molecule has 0 aliphatic carbocycles. The summed E-state index contributed by atoms with van der Waals surface area (Å²) in [6, 6.07) is 16.3. The van der Waals surface area contributed by atoms with Crippen molar-refractivity contribution < 1.29 is 19.1 Å². The van der Waals surface area contributed by atoms with Crippen LogP contribution in [-0.2, 0) is 19.1 Å². The maximum Gasteiger partial charge on any atom is 0.355 e. The molecule has 0 aromatic heterocycles. The van der Waals surface area contributed by atoms with Crippen molar-refractivity contribution >= 4 is 33.6 Å². The summed E-state index contributed by atoms with van der Waals surface area (Å²) in [5, 5.41) is 10.0. The SMILES string of the molecule is COC(=O)C1=C(C(=O)OC)N(c2cccc(Br)c2C)C(N)=C(C#N)C1c1ccccc1. The van der Waals surface area contributed by atoms with Gasteiger partial charge in [-0.2, -0.15) is 5.26 Å². The number of rotatable bonds is 4. The third-order valence-corrected chi connectivity index (χ3v) is 5.95. The number of methoxy groups -OCH3 is 2. The second-order valence-electron chi connectivity index (χ2n) is 6.72. The average Bonchev–Trinajstić information content (AvgIpc) is 2.79. The quantitative estimate of drug-likeness (QED) is 0.664. The van der Waals surface area contributed by atoms with E-state index in [0.717, 1.165) is 10.0 Å². The van der Waals surface area contributed by atoms with E-state index in [9.17, 15) is 14.9 Å². The number of hydrogen-bond donors (Lipinski definition) is 1. The van der Waals surface area contributed by atoms with Crippen LogP contribution in [0.15, 0.2) is 75.7 Å². The predicted molar refractivity (Wildman–Crippen MR) is 118 cm³/mol. The molecular formula is C23H20BrN3O4. The summed E-state index contributed by atoms with van der Waals surface area (Å²) in [7, 11) is 2.43. The van der Waals surface area contributed by atoms with Gasteiger partial charge in [-0.15, -0.1) is 0 Å². The first-order chi connectivity index (χ1) is 14.9. The van der Waals surface area contributed by atoms with Crippen molar-refractivity contribution in [1.82, 2.24) is 0 Å². The molecule has 7 nitrogen and oxygen atoms in total. The molecule has 2 aromatic rings. The Morgan fingerprint density at radius 1 is 1.06 bits per heavy atom. The molecule has 31 heavy (non-hydrogen) atoms. The second-order valence-corrected chi connectivity index (χ2v) is 7.57. The van der Waals surface area contributed by atoms with Crippen LogP contribution in [0.3, 0.4) is 0 Å². The highest BCUT2D eigenvalue weighted by Gasteiger charge is 2.43. The lowest BCUT2D eigenvalue weighted by Gasteiger charge is -2.36. The van der Waals surface area contributed by atoms with Crippen LogP contribution in [-0.4, -0.2) is 26.2 Å². The minimum Gasteiger partial charge on any atom is -0.466 e. The van der Waals surface area contributed by atoms with Crippen LogP contribution >= 0.6 is 15.9 Å². The van der Waals surface area contributed by atoms with Crippen molar-refractivity contribution in [1.29, 1.82) is 5.26 Å². The third-order valence-electron chi connectivity index (χ3n) is 5.09. The van der Waals surface area contributed by atoms with Crippen LogP contribution in [0.25, 0.3) is 0 Å². The number of allylic oxidation sites excluding steroid dienone is 1. The lowest BCUT2D eigenvalue weighted by Crippen LogP contribution is -2.41. The topological polar surface area (TPSA) is 106 Å². The van der Waals surface area contributed by atoms with Gasteiger partial charge in [0.25, 0.3) is 0 Å². The lowest BCUT2D eigenvalue weighted by atomic mass is 9.81.